The van der Waals surface area contributed by atoms with E-state index in [1.54, 1.807) is 18.2 Å². The normalized spacial score (nSPS) is 26.7. The lowest BCUT2D eigenvalue weighted by Gasteiger charge is -2.31. The summed E-state index contributed by atoms with van der Waals surface area (Å²) in [7, 11) is -3.35. The van der Waals surface area contributed by atoms with E-state index in [0.717, 1.165) is 12.8 Å². The van der Waals surface area contributed by atoms with Gasteiger partial charge >= 0.3 is 0 Å². The first-order chi connectivity index (χ1) is 10.1. The summed E-state index contributed by atoms with van der Waals surface area (Å²) in [5.41, 5.74) is 0.555. The summed E-state index contributed by atoms with van der Waals surface area (Å²) in [5, 5.41) is -0.494. The van der Waals surface area contributed by atoms with Gasteiger partial charge in [-0.3, -0.25) is 0 Å². The van der Waals surface area contributed by atoms with Crippen LogP contribution in [0.3, 0.4) is 0 Å². The summed E-state index contributed by atoms with van der Waals surface area (Å²) in [6.45, 7) is 0.814. The van der Waals surface area contributed by atoms with E-state index < -0.39 is 15.3 Å². The molecule has 4 nitrogen and oxygen atoms in total. The number of benzene rings is 1. The molecule has 1 heterocycles. The quantitative estimate of drug-likeness (QED) is 0.902. The molecule has 2 aliphatic rings. The topological polar surface area (TPSA) is 55.4 Å². The summed E-state index contributed by atoms with van der Waals surface area (Å²) < 4.78 is 46.9. The minimum atomic E-state index is -3.35. The fraction of sp³-hybridized carbons (Fsp3) is 0.600. The third-order valence-corrected chi connectivity index (χ3v) is 6.23. The van der Waals surface area contributed by atoms with Crippen molar-refractivity contribution in [3.8, 4) is 0 Å². The first-order valence-corrected chi connectivity index (χ1v) is 8.93. The molecular formula is C15H20FNO3S. The number of hydrogen-bond donors (Lipinski definition) is 1. The highest BCUT2D eigenvalue weighted by Crippen LogP contribution is 2.28. The van der Waals surface area contributed by atoms with Gasteiger partial charge in [-0.25, -0.2) is 17.5 Å². The van der Waals surface area contributed by atoms with Gasteiger partial charge in [-0.2, -0.15) is 0 Å². The van der Waals surface area contributed by atoms with Crippen molar-refractivity contribution in [2.24, 2.45) is 5.92 Å². The Labute approximate surface area is 124 Å². The second-order valence-corrected chi connectivity index (χ2v) is 7.83. The fourth-order valence-corrected chi connectivity index (χ4v) is 4.81. The van der Waals surface area contributed by atoms with Gasteiger partial charge in [0.25, 0.3) is 0 Å². The number of halogens is 1. The summed E-state index contributed by atoms with van der Waals surface area (Å²) in [6, 6.07) is 6.63. The second-order valence-electron chi connectivity index (χ2n) is 5.89. The van der Waals surface area contributed by atoms with Crippen LogP contribution in [0.2, 0.25) is 0 Å². The number of rotatable bonds is 5. The Balaban J connectivity index is 1.76. The van der Waals surface area contributed by atoms with Crippen LogP contribution < -0.4 is 4.72 Å². The van der Waals surface area contributed by atoms with E-state index >= 15 is 0 Å². The van der Waals surface area contributed by atoms with Gasteiger partial charge in [0.2, 0.25) is 10.0 Å². The Hall–Kier alpha value is -0.980. The monoisotopic (exact) mass is 313 g/mol. The second kappa shape index (κ2) is 6.02. The van der Waals surface area contributed by atoms with Crippen LogP contribution in [0.5, 0.6) is 0 Å². The molecule has 1 aliphatic carbocycles. The van der Waals surface area contributed by atoms with Gasteiger partial charge in [0.1, 0.15) is 5.82 Å². The average Bonchev–Trinajstić information content (AvgIpc) is 3.25. The molecule has 116 valence electrons. The highest BCUT2D eigenvalue weighted by molar-refractivity contribution is 7.90. The van der Waals surface area contributed by atoms with Crippen LogP contribution in [0, 0.1) is 11.7 Å². The Morgan fingerprint density at radius 1 is 1.24 bits per heavy atom. The highest BCUT2D eigenvalue weighted by Gasteiger charge is 2.39. The zero-order chi connectivity index (χ0) is 14.9. The van der Waals surface area contributed by atoms with Gasteiger partial charge in [-0.15, -0.1) is 0 Å². The van der Waals surface area contributed by atoms with Crippen molar-refractivity contribution in [3.63, 3.8) is 0 Å². The van der Waals surface area contributed by atoms with Crippen molar-refractivity contribution < 1.29 is 17.5 Å². The Bertz CT molecular complexity index is 601. The van der Waals surface area contributed by atoms with Crippen LogP contribution in [0.4, 0.5) is 4.39 Å². The van der Waals surface area contributed by atoms with E-state index in [0.29, 0.717) is 31.6 Å². The SMILES string of the molecule is O=S(=O)(NC1CC1)[C@H]1CCOC[C@@H]1Cc1ccccc1F. The van der Waals surface area contributed by atoms with Crippen molar-refractivity contribution in [2.45, 2.75) is 37.0 Å². The third kappa shape index (κ3) is 3.62. The van der Waals surface area contributed by atoms with E-state index in [1.807, 2.05) is 0 Å². The molecule has 1 N–H and O–H groups in total. The fourth-order valence-electron chi connectivity index (χ4n) is 2.84. The molecule has 0 amide bonds. The maximum Gasteiger partial charge on any atom is 0.215 e. The van der Waals surface area contributed by atoms with Gasteiger partial charge in [0, 0.05) is 18.6 Å². The van der Waals surface area contributed by atoms with Crippen LogP contribution in [-0.4, -0.2) is 32.9 Å². The van der Waals surface area contributed by atoms with Gasteiger partial charge < -0.3 is 4.74 Å². The largest absolute Gasteiger partial charge is 0.381 e. The standard InChI is InChI=1S/C15H20FNO3S/c16-14-4-2-1-3-11(14)9-12-10-20-8-7-15(12)21(18,19)17-13-5-6-13/h1-4,12-13,15,17H,5-10H2/t12-,15-/m0/s1. The molecule has 2 atom stereocenters. The number of ether oxygens (including phenoxy) is 1. The highest BCUT2D eigenvalue weighted by atomic mass is 32.2. The van der Waals surface area contributed by atoms with Crippen LogP contribution in [0.25, 0.3) is 0 Å². The minimum absolute atomic E-state index is 0.104. The van der Waals surface area contributed by atoms with Gasteiger partial charge in [0.15, 0.2) is 0 Å². The van der Waals surface area contributed by atoms with Gasteiger partial charge in [0.05, 0.1) is 11.9 Å². The molecule has 0 aromatic heterocycles. The molecule has 1 saturated carbocycles. The van der Waals surface area contributed by atoms with E-state index in [-0.39, 0.29) is 17.8 Å². The molecule has 0 unspecified atom stereocenters. The zero-order valence-corrected chi connectivity index (χ0v) is 12.6. The number of hydrogen-bond acceptors (Lipinski definition) is 3. The van der Waals surface area contributed by atoms with Crippen molar-refractivity contribution in [1.29, 1.82) is 0 Å². The molecule has 6 heteroatoms. The van der Waals surface area contributed by atoms with Crippen LogP contribution in [0.15, 0.2) is 24.3 Å². The summed E-state index contributed by atoms with van der Waals surface area (Å²) in [5.74, 6) is -0.485. The van der Waals surface area contributed by atoms with E-state index in [9.17, 15) is 12.8 Å². The van der Waals surface area contributed by atoms with Crippen molar-refractivity contribution in [1.82, 2.24) is 4.72 Å². The molecule has 0 bridgehead atoms. The Morgan fingerprint density at radius 2 is 2.00 bits per heavy atom. The zero-order valence-electron chi connectivity index (χ0n) is 11.8. The summed E-state index contributed by atoms with van der Waals surface area (Å²) >= 11 is 0. The van der Waals surface area contributed by atoms with E-state index in [2.05, 4.69) is 4.72 Å². The van der Waals surface area contributed by atoms with Crippen LogP contribution in [-0.2, 0) is 21.2 Å². The molecule has 1 aliphatic heterocycles. The van der Waals surface area contributed by atoms with Crippen LogP contribution >= 0.6 is 0 Å². The van der Waals surface area contributed by atoms with E-state index in [4.69, 9.17) is 4.74 Å². The molecule has 1 saturated heterocycles. The molecule has 1 aromatic carbocycles. The molecule has 2 fully saturated rings. The molecule has 3 rings (SSSR count). The maximum atomic E-state index is 13.8. The Morgan fingerprint density at radius 3 is 2.71 bits per heavy atom. The molecular weight excluding hydrogens is 293 g/mol. The number of sulfonamides is 1. The maximum absolute atomic E-state index is 13.8. The van der Waals surface area contributed by atoms with E-state index in [1.165, 1.54) is 6.07 Å². The van der Waals surface area contributed by atoms with Crippen molar-refractivity contribution in [3.05, 3.63) is 35.6 Å². The van der Waals surface area contributed by atoms with Gasteiger partial charge in [-0.05, 0) is 37.3 Å². The molecule has 0 radical (unpaired) electrons. The lowest BCUT2D eigenvalue weighted by Crippen LogP contribution is -2.45. The molecule has 0 spiro atoms. The van der Waals surface area contributed by atoms with Gasteiger partial charge in [-0.1, -0.05) is 18.2 Å². The average molecular weight is 313 g/mol. The predicted molar refractivity (Wildman–Crippen MR) is 77.9 cm³/mol. The molecule has 21 heavy (non-hydrogen) atoms. The predicted octanol–water partition coefficient (Wildman–Crippen LogP) is 1.86. The summed E-state index contributed by atoms with van der Waals surface area (Å²) in [4.78, 5) is 0. The lowest BCUT2D eigenvalue weighted by molar-refractivity contribution is 0.0567. The minimum Gasteiger partial charge on any atom is -0.381 e. The number of nitrogens with one attached hydrogen (secondary N) is 1. The Kier molecular flexibility index (Phi) is 4.28. The lowest BCUT2D eigenvalue weighted by atomic mass is 9.93. The summed E-state index contributed by atoms with van der Waals surface area (Å²) in [6.07, 6.45) is 2.70. The smallest absolute Gasteiger partial charge is 0.215 e. The third-order valence-electron chi connectivity index (χ3n) is 4.15. The molecule has 1 aromatic rings. The van der Waals surface area contributed by atoms with Crippen molar-refractivity contribution in [2.75, 3.05) is 13.2 Å². The first kappa shape index (κ1) is 14.9. The van der Waals surface area contributed by atoms with Crippen molar-refractivity contribution >= 4 is 10.0 Å². The van der Waals surface area contributed by atoms with Crippen LogP contribution in [0.1, 0.15) is 24.8 Å². The first-order valence-electron chi connectivity index (χ1n) is 7.38.